The number of aliphatic imine (C=N–C) groups is 1. The third kappa shape index (κ3) is 4.85. The van der Waals surface area contributed by atoms with Crippen molar-refractivity contribution in [2.45, 2.75) is 70.0 Å². The van der Waals surface area contributed by atoms with Crippen molar-refractivity contribution in [1.29, 1.82) is 0 Å². The summed E-state index contributed by atoms with van der Waals surface area (Å²) in [4.78, 5) is 33.5. The Labute approximate surface area is 207 Å². The summed E-state index contributed by atoms with van der Waals surface area (Å²) < 4.78 is 0. The molecule has 1 aliphatic carbocycles. The Bertz CT molecular complexity index is 1060. The SMILES string of the molecule is [CH2+]CCNC(=O)c1ccc(C(CCC)N2C(=O)C(c3cccc(Cl)c3)=NC23CCCCC3)cc1. The number of nitrogens with zero attached hydrogens (tertiary/aromatic N) is 2. The average molecular weight is 479 g/mol. The molecule has 5 nitrogen and oxygen atoms in total. The van der Waals surface area contributed by atoms with Crippen molar-refractivity contribution >= 4 is 29.1 Å². The van der Waals surface area contributed by atoms with E-state index in [9.17, 15) is 9.59 Å². The van der Waals surface area contributed by atoms with Gasteiger partial charge in [0.25, 0.3) is 11.8 Å². The number of benzene rings is 2. The Balaban J connectivity index is 1.70. The van der Waals surface area contributed by atoms with Gasteiger partial charge in [-0.1, -0.05) is 55.6 Å². The molecule has 2 amide bonds. The molecule has 2 aromatic rings. The van der Waals surface area contributed by atoms with Crippen LogP contribution in [0.4, 0.5) is 0 Å². The highest BCUT2D eigenvalue weighted by Gasteiger charge is 2.50. The Morgan fingerprint density at radius 2 is 1.91 bits per heavy atom. The normalized spacial score (nSPS) is 18.1. The molecule has 34 heavy (non-hydrogen) atoms. The molecule has 2 aromatic carbocycles. The maximum atomic E-state index is 14.0. The smallest absolute Gasteiger partial charge is 0.275 e. The number of carbonyl (C=O) groups is 2. The zero-order valence-corrected chi connectivity index (χ0v) is 20.6. The maximum absolute atomic E-state index is 14.0. The van der Waals surface area contributed by atoms with Gasteiger partial charge in [-0.2, -0.15) is 0 Å². The van der Waals surface area contributed by atoms with E-state index in [-0.39, 0.29) is 17.9 Å². The molecule has 6 heteroatoms. The molecule has 0 aromatic heterocycles. The summed E-state index contributed by atoms with van der Waals surface area (Å²) in [6, 6.07) is 15.0. The van der Waals surface area contributed by atoms with E-state index in [1.807, 2.05) is 53.4 Å². The minimum absolute atomic E-state index is 0.0279. The fraction of sp³-hybridized carbons (Fsp3) is 0.429. The quantitative estimate of drug-likeness (QED) is 0.464. The van der Waals surface area contributed by atoms with E-state index >= 15 is 0 Å². The topological polar surface area (TPSA) is 61.8 Å². The number of rotatable bonds is 8. The summed E-state index contributed by atoms with van der Waals surface area (Å²) in [5, 5.41) is 3.46. The minimum atomic E-state index is -0.517. The van der Waals surface area contributed by atoms with Gasteiger partial charge in [0.15, 0.2) is 0 Å². The van der Waals surface area contributed by atoms with Crippen molar-refractivity contribution < 1.29 is 9.59 Å². The Morgan fingerprint density at radius 3 is 2.56 bits per heavy atom. The first kappa shape index (κ1) is 24.3. The second-order valence-electron chi connectivity index (χ2n) is 9.22. The summed E-state index contributed by atoms with van der Waals surface area (Å²) >= 11 is 6.25. The van der Waals surface area contributed by atoms with Gasteiger partial charge in [0.05, 0.1) is 19.5 Å². The van der Waals surface area contributed by atoms with Gasteiger partial charge in [-0.15, -0.1) is 0 Å². The standard InChI is InChI=1S/C28H32ClN3O2/c1-3-9-24(20-12-14-21(15-13-20)26(33)30-18-4-2)32-27(34)25(22-10-8-11-23(29)19-22)31-28(32)16-6-5-7-17-28/h8,10-15,19,24H,2-7,9,16-18H2,1H3/p+1. The fourth-order valence-electron chi connectivity index (χ4n) is 5.22. The van der Waals surface area contributed by atoms with E-state index in [0.717, 1.165) is 49.7 Å². The van der Waals surface area contributed by atoms with Gasteiger partial charge < -0.3 is 10.2 Å². The molecule has 1 aliphatic heterocycles. The molecule has 1 fully saturated rings. The van der Waals surface area contributed by atoms with Gasteiger partial charge in [-0.3, -0.25) is 14.6 Å². The monoisotopic (exact) mass is 478 g/mol. The van der Waals surface area contributed by atoms with Crippen LogP contribution in [-0.4, -0.2) is 34.6 Å². The first-order valence-electron chi connectivity index (χ1n) is 12.4. The van der Waals surface area contributed by atoms with E-state index in [2.05, 4.69) is 19.2 Å². The molecule has 0 saturated heterocycles. The molecule has 1 heterocycles. The minimum Gasteiger partial charge on any atom is -0.348 e. The summed E-state index contributed by atoms with van der Waals surface area (Å²) in [6.07, 6.45) is 7.43. The second-order valence-corrected chi connectivity index (χ2v) is 9.66. The number of halogens is 1. The van der Waals surface area contributed by atoms with E-state index in [1.165, 1.54) is 6.42 Å². The van der Waals surface area contributed by atoms with E-state index < -0.39 is 5.66 Å². The first-order valence-corrected chi connectivity index (χ1v) is 12.7. The Kier molecular flexibility index (Phi) is 7.62. The molecule has 4 rings (SSSR count). The third-order valence-electron chi connectivity index (χ3n) is 6.84. The molecule has 1 unspecified atom stereocenters. The lowest BCUT2D eigenvalue weighted by Gasteiger charge is -2.44. The highest BCUT2D eigenvalue weighted by molar-refractivity contribution is 6.47. The molecule has 1 atom stereocenters. The third-order valence-corrected chi connectivity index (χ3v) is 7.07. The lowest BCUT2D eigenvalue weighted by atomic mass is 9.86. The largest absolute Gasteiger partial charge is 0.348 e. The van der Waals surface area contributed by atoms with Crippen LogP contribution in [-0.2, 0) is 4.79 Å². The molecular formula is C28H33ClN3O2+. The summed E-state index contributed by atoms with van der Waals surface area (Å²) in [5.41, 5.74) is 2.42. The molecule has 2 aliphatic rings. The van der Waals surface area contributed by atoms with Gasteiger partial charge >= 0.3 is 0 Å². The van der Waals surface area contributed by atoms with Gasteiger partial charge in [-0.05, 0) is 61.9 Å². The first-order chi connectivity index (χ1) is 16.5. The second kappa shape index (κ2) is 10.6. The van der Waals surface area contributed by atoms with Crippen molar-refractivity contribution in [3.63, 3.8) is 0 Å². The van der Waals surface area contributed by atoms with E-state index in [1.54, 1.807) is 0 Å². The van der Waals surface area contributed by atoms with Crippen LogP contribution in [0, 0.1) is 6.92 Å². The predicted molar refractivity (Wildman–Crippen MR) is 137 cm³/mol. The number of carbonyl (C=O) groups excluding carboxylic acids is 2. The molecule has 0 radical (unpaired) electrons. The predicted octanol–water partition coefficient (Wildman–Crippen LogP) is 6.13. The Hall–Kier alpha value is -2.79. The van der Waals surface area contributed by atoms with Crippen molar-refractivity contribution in [3.8, 4) is 0 Å². The van der Waals surface area contributed by atoms with Crippen molar-refractivity contribution in [2.24, 2.45) is 4.99 Å². The van der Waals surface area contributed by atoms with Crippen molar-refractivity contribution in [2.75, 3.05) is 6.54 Å². The van der Waals surface area contributed by atoms with Crippen LogP contribution in [0.5, 0.6) is 0 Å². The molecule has 0 bridgehead atoms. The van der Waals surface area contributed by atoms with Crippen LogP contribution in [0.15, 0.2) is 53.5 Å². The molecular weight excluding hydrogens is 446 g/mol. The summed E-state index contributed by atoms with van der Waals surface area (Å²) in [6.45, 7) is 6.45. The van der Waals surface area contributed by atoms with Crippen molar-refractivity contribution in [1.82, 2.24) is 10.2 Å². The van der Waals surface area contributed by atoms with Gasteiger partial charge in [0.2, 0.25) is 0 Å². The van der Waals surface area contributed by atoms with Crippen LogP contribution < -0.4 is 5.32 Å². The number of hydrogen-bond acceptors (Lipinski definition) is 3. The number of nitrogens with one attached hydrogen (secondary N) is 1. The molecule has 1 N–H and O–H groups in total. The van der Waals surface area contributed by atoms with E-state index in [4.69, 9.17) is 16.6 Å². The Morgan fingerprint density at radius 1 is 1.18 bits per heavy atom. The van der Waals surface area contributed by atoms with Crippen LogP contribution >= 0.6 is 11.6 Å². The number of amides is 2. The van der Waals surface area contributed by atoms with Crippen LogP contribution in [0.3, 0.4) is 0 Å². The van der Waals surface area contributed by atoms with Crippen LogP contribution in [0.25, 0.3) is 0 Å². The van der Waals surface area contributed by atoms with E-state index in [0.29, 0.717) is 29.3 Å². The highest BCUT2D eigenvalue weighted by Crippen LogP contribution is 2.45. The number of hydrogen-bond donors (Lipinski definition) is 1. The van der Waals surface area contributed by atoms with Gasteiger partial charge in [0.1, 0.15) is 17.8 Å². The van der Waals surface area contributed by atoms with Crippen molar-refractivity contribution in [3.05, 3.63) is 77.2 Å². The van der Waals surface area contributed by atoms with Gasteiger partial charge in [-0.25, -0.2) is 0 Å². The van der Waals surface area contributed by atoms with Crippen LogP contribution in [0.1, 0.15) is 85.8 Å². The fourth-order valence-corrected chi connectivity index (χ4v) is 5.41. The van der Waals surface area contributed by atoms with Crippen LogP contribution in [0.2, 0.25) is 5.02 Å². The average Bonchev–Trinajstić information content (AvgIpc) is 3.12. The summed E-state index contributed by atoms with van der Waals surface area (Å²) in [7, 11) is 0. The lowest BCUT2D eigenvalue weighted by molar-refractivity contribution is -0.132. The summed E-state index contributed by atoms with van der Waals surface area (Å²) in [5.74, 6) is -0.130. The lowest BCUT2D eigenvalue weighted by Crippen LogP contribution is -2.50. The van der Waals surface area contributed by atoms with Gasteiger partial charge in [0, 0.05) is 16.1 Å². The zero-order chi connectivity index (χ0) is 24.1. The molecule has 1 saturated carbocycles. The molecule has 178 valence electrons. The zero-order valence-electron chi connectivity index (χ0n) is 19.9. The maximum Gasteiger partial charge on any atom is 0.275 e. The highest BCUT2D eigenvalue weighted by atomic mass is 35.5. The molecule has 1 spiro atoms.